The highest BCUT2D eigenvalue weighted by Gasteiger charge is 2.23. The molecule has 1 aliphatic carbocycles. The summed E-state index contributed by atoms with van der Waals surface area (Å²) in [5, 5.41) is 12.7. The molecule has 0 saturated carbocycles. The summed E-state index contributed by atoms with van der Waals surface area (Å²) in [6.45, 7) is 0. The summed E-state index contributed by atoms with van der Waals surface area (Å²) in [4.78, 5) is 16.8. The van der Waals surface area contributed by atoms with Crippen LogP contribution >= 0.6 is 0 Å². The average molecular weight is 354 g/mol. The van der Waals surface area contributed by atoms with Gasteiger partial charge in [-0.2, -0.15) is 5.10 Å². The molecule has 0 radical (unpaired) electrons. The van der Waals surface area contributed by atoms with E-state index in [0.717, 1.165) is 51.8 Å². The number of anilines is 1. The number of hydrogen-bond acceptors (Lipinski definition) is 3. The first-order valence-electron chi connectivity index (χ1n) is 9.48. The van der Waals surface area contributed by atoms with Gasteiger partial charge in [0.05, 0.1) is 29.3 Å². The highest BCUT2D eigenvalue weighted by atomic mass is 16.1. The van der Waals surface area contributed by atoms with Crippen molar-refractivity contribution in [3.63, 3.8) is 0 Å². The molecule has 0 unspecified atom stereocenters. The lowest BCUT2D eigenvalue weighted by atomic mass is 9.85. The van der Waals surface area contributed by atoms with Crippen LogP contribution in [0.2, 0.25) is 0 Å². The number of aryl methyl sites for hydroxylation is 1. The minimum absolute atomic E-state index is 0.0676. The zero-order valence-electron chi connectivity index (χ0n) is 14.8. The molecule has 1 amide bonds. The smallest absolute Gasteiger partial charge is 0.228 e. The molecule has 0 fully saturated rings. The molecule has 2 aliphatic rings. The van der Waals surface area contributed by atoms with Crippen LogP contribution in [0.25, 0.3) is 33.1 Å². The molecule has 2 aromatic carbocycles. The van der Waals surface area contributed by atoms with Gasteiger partial charge < -0.3 is 5.32 Å². The maximum atomic E-state index is 11.7. The van der Waals surface area contributed by atoms with Gasteiger partial charge in [-0.05, 0) is 60.6 Å². The Labute approximate surface area is 155 Å². The van der Waals surface area contributed by atoms with Gasteiger partial charge in [-0.1, -0.05) is 12.1 Å². The molecular weight excluding hydrogens is 336 g/mol. The van der Waals surface area contributed by atoms with Gasteiger partial charge in [-0.3, -0.25) is 9.89 Å². The van der Waals surface area contributed by atoms with Crippen LogP contribution in [-0.2, 0) is 24.1 Å². The van der Waals surface area contributed by atoms with Crippen molar-refractivity contribution >= 4 is 33.4 Å². The summed E-state index contributed by atoms with van der Waals surface area (Å²) in [5.74, 6) is 0.0676. The number of amides is 1. The zero-order chi connectivity index (χ0) is 18.0. The van der Waals surface area contributed by atoms with Gasteiger partial charge in [-0.15, -0.1) is 0 Å². The van der Waals surface area contributed by atoms with Crippen LogP contribution in [0.15, 0.2) is 36.5 Å². The van der Waals surface area contributed by atoms with E-state index in [9.17, 15) is 4.79 Å². The van der Waals surface area contributed by atoms with E-state index in [-0.39, 0.29) is 5.91 Å². The van der Waals surface area contributed by atoms with Crippen molar-refractivity contribution in [1.29, 1.82) is 0 Å². The predicted octanol–water partition coefficient (Wildman–Crippen LogP) is 4.15. The Morgan fingerprint density at radius 1 is 1.00 bits per heavy atom. The molecule has 27 heavy (non-hydrogen) atoms. The summed E-state index contributed by atoms with van der Waals surface area (Å²) >= 11 is 0. The fourth-order valence-electron chi connectivity index (χ4n) is 4.65. The molecule has 132 valence electrons. The van der Waals surface area contributed by atoms with Crippen LogP contribution in [0, 0.1) is 0 Å². The number of aromatic amines is 1. The number of H-pyrrole nitrogens is 1. The Hall–Kier alpha value is -3.21. The molecule has 4 aromatic rings. The zero-order valence-corrected chi connectivity index (χ0v) is 14.8. The number of carbonyl (C=O) groups is 1. The third-order valence-corrected chi connectivity index (χ3v) is 5.90. The SMILES string of the molecule is O=C1Cc2ccc(-c3nc4ccc5[nH]ncc5c4c4c3CCCC4)cc2N1. The van der Waals surface area contributed by atoms with Crippen molar-refractivity contribution in [2.45, 2.75) is 32.1 Å². The standard InChI is InChI=1S/C22H18N4O/c27-20-10-12-5-6-13(9-19(12)24-20)22-15-4-2-1-3-14(15)21-16-11-23-26-17(16)7-8-18(21)25-22/h5-9,11H,1-4,10H2,(H,23,26)(H,24,27). The topological polar surface area (TPSA) is 70.7 Å². The number of fused-ring (bicyclic) bond motifs is 6. The number of pyridine rings is 1. The van der Waals surface area contributed by atoms with E-state index in [4.69, 9.17) is 4.98 Å². The number of aromatic nitrogens is 3. The van der Waals surface area contributed by atoms with E-state index in [1.807, 2.05) is 6.20 Å². The van der Waals surface area contributed by atoms with Gasteiger partial charge in [-0.25, -0.2) is 4.98 Å². The molecule has 2 aromatic heterocycles. The second-order valence-electron chi connectivity index (χ2n) is 7.51. The van der Waals surface area contributed by atoms with Gasteiger partial charge in [0.25, 0.3) is 0 Å². The molecule has 5 nitrogen and oxygen atoms in total. The molecule has 0 saturated heterocycles. The van der Waals surface area contributed by atoms with Crippen molar-refractivity contribution in [2.75, 3.05) is 5.32 Å². The fourth-order valence-corrected chi connectivity index (χ4v) is 4.65. The number of carbonyl (C=O) groups excluding carboxylic acids is 1. The van der Waals surface area contributed by atoms with E-state index in [1.165, 1.54) is 29.4 Å². The minimum Gasteiger partial charge on any atom is -0.326 e. The molecule has 2 N–H and O–H groups in total. The first kappa shape index (κ1) is 14.9. The largest absolute Gasteiger partial charge is 0.326 e. The lowest BCUT2D eigenvalue weighted by molar-refractivity contribution is -0.115. The van der Waals surface area contributed by atoms with Crippen LogP contribution in [0.4, 0.5) is 5.69 Å². The summed E-state index contributed by atoms with van der Waals surface area (Å²) in [6, 6.07) is 10.4. The van der Waals surface area contributed by atoms with Crippen molar-refractivity contribution in [3.8, 4) is 11.3 Å². The first-order chi connectivity index (χ1) is 13.3. The van der Waals surface area contributed by atoms with Crippen LogP contribution in [0.3, 0.4) is 0 Å². The fraction of sp³-hybridized carbons (Fsp3) is 0.227. The van der Waals surface area contributed by atoms with Crippen molar-refractivity contribution in [3.05, 3.63) is 53.2 Å². The minimum atomic E-state index is 0.0676. The second kappa shape index (κ2) is 5.39. The second-order valence-corrected chi connectivity index (χ2v) is 7.51. The quantitative estimate of drug-likeness (QED) is 0.539. The maximum Gasteiger partial charge on any atom is 0.228 e. The lowest BCUT2D eigenvalue weighted by Gasteiger charge is -2.22. The Morgan fingerprint density at radius 3 is 2.81 bits per heavy atom. The van der Waals surface area contributed by atoms with Crippen LogP contribution in [0.5, 0.6) is 0 Å². The number of nitrogens with one attached hydrogen (secondary N) is 2. The van der Waals surface area contributed by atoms with Crippen molar-refractivity contribution in [1.82, 2.24) is 15.2 Å². The van der Waals surface area contributed by atoms with Crippen molar-refractivity contribution < 1.29 is 4.79 Å². The molecule has 1 aliphatic heterocycles. The Morgan fingerprint density at radius 2 is 1.89 bits per heavy atom. The van der Waals surface area contributed by atoms with Gasteiger partial charge in [0.15, 0.2) is 0 Å². The molecule has 0 atom stereocenters. The molecule has 5 heteroatoms. The Kier molecular flexibility index (Phi) is 2.98. The first-order valence-corrected chi connectivity index (χ1v) is 9.48. The summed E-state index contributed by atoms with van der Waals surface area (Å²) in [6.07, 6.45) is 6.91. The maximum absolute atomic E-state index is 11.7. The van der Waals surface area contributed by atoms with Crippen LogP contribution in [-0.4, -0.2) is 21.1 Å². The normalized spacial score (nSPS) is 15.8. The van der Waals surface area contributed by atoms with E-state index in [1.54, 1.807) is 0 Å². The number of nitrogens with zero attached hydrogens (tertiary/aromatic N) is 2. The molecular formula is C22H18N4O. The Balaban J connectivity index is 1.65. The highest BCUT2D eigenvalue weighted by molar-refractivity contribution is 6.08. The van der Waals surface area contributed by atoms with Crippen LogP contribution < -0.4 is 5.32 Å². The molecule has 6 rings (SSSR count). The van der Waals surface area contributed by atoms with E-state index < -0.39 is 0 Å². The summed E-state index contributed by atoms with van der Waals surface area (Å²) in [7, 11) is 0. The van der Waals surface area contributed by atoms with E-state index >= 15 is 0 Å². The van der Waals surface area contributed by atoms with Gasteiger partial charge in [0.2, 0.25) is 5.91 Å². The number of rotatable bonds is 1. The van der Waals surface area contributed by atoms with E-state index in [0.29, 0.717) is 6.42 Å². The summed E-state index contributed by atoms with van der Waals surface area (Å²) < 4.78 is 0. The number of benzene rings is 2. The third kappa shape index (κ3) is 2.14. The monoisotopic (exact) mass is 354 g/mol. The number of hydrogen-bond donors (Lipinski definition) is 2. The van der Waals surface area contributed by atoms with Gasteiger partial charge in [0.1, 0.15) is 0 Å². The van der Waals surface area contributed by atoms with Gasteiger partial charge in [0, 0.05) is 22.0 Å². The third-order valence-electron chi connectivity index (χ3n) is 5.90. The summed E-state index contributed by atoms with van der Waals surface area (Å²) in [5.41, 5.74) is 8.98. The Bertz CT molecular complexity index is 1250. The molecule has 0 bridgehead atoms. The van der Waals surface area contributed by atoms with Crippen molar-refractivity contribution in [2.24, 2.45) is 0 Å². The highest BCUT2D eigenvalue weighted by Crippen LogP contribution is 2.39. The lowest BCUT2D eigenvalue weighted by Crippen LogP contribution is -2.08. The predicted molar refractivity (Wildman–Crippen MR) is 106 cm³/mol. The molecule has 0 spiro atoms. The van der Waals surface area contributed by atoms with Gasteiger partial charge >= 0.3 is 0 Å². The van der Waals surface area contributed by atoms with E-state index in [2.05, 4.69) is 45.8 Å². The van der Waals surface area contributed by atoms with Crippen LogP contribution in [0.1, 0.15) is 29.5 Å². The molecule has 3 heterocycles. The average Bonchev–Trinajstić information content (AvgIpc) is 3.31.